The molecule has 6 heteroatoms. The highest BCUT2D eigenvalue weighted by atomic mass is 79.9. The minimum Gasteiger partial charge on any atom is -0.224 e. The summed E-state index contributed by atoms with van der Waals surface area (Å²) in [4.78, 5) is 3.82. The molecule has 0 saturated carbocycles. The normalized spacial score (nSPS) is 9.00. The van der Waals surface area contributed by atoms with Crippen LogP contribution in [-0.4, -0.2) is 4.98 Å². The summed E-state index contributed by atoms with van der Waals surface area (Å²) in [5.41, 5.74) is 0.373. The van der Waals surface area contributed by atoms with E-state index in [1.807, 2.05) is 12.1 Å². The lowest BCUT2D eigenvalue weighted by Gasteiger charge is -2.02. The second kappa shape index (κ2) is 4.19. The summed E-state index contributed by atoms with van der Waals surface area (Å²) < 4.78 is 1.71. The van der Waals surface area contributed by atoms with Crippen LogP contribution in [0.2, 0.25) is 0 Å². The Morgan fingerprint density at radius 2 is 1.23 bits per heavy atom. The Morgan fingerprint density at radius 1 is 0.846 bits per heavy atom. The van der Waals surface area contributed by atoms with Crippen LogP contribution in [0.3, 0.4) is 0 Å². The maximum atomic E-state index is 8.67. The maximum absolute atomic E-state index is 8.67. The first-order chi connectivity index (χ1) is 6.11. The minimum atomic E-state index is 0.187. The average Bonchev–Trinajstić information content (AvgIpc) is 2.15. The van der Waals surface area contributed by atoms with Gasteiger partial charge in [0.2, 0.25) is 0 Å². The number of aromatic nitrogens is 1. The molecule has 0 atom stereocenters. The van der Waals surface area contributed by atoms with Gasteiger partial charge in [-0.2, -0.15) is 10.5 Å². The van der Waals surface area contributed by atoms with Crippen molar-refractivity contribution in [3.8, 4) is 12.1 Å². The van der Waals surface area contributed by atoms with Crippen molar-refractivity contribution >= 4 is 47.8 Å². The molecule has 0 bridgehead atoms. The van der Waals surface area contributed by atoms with Crippen molar-refractivity contribution in [1.82, 2.24) is 4.98 Å². The number of hydrogen-bond donors (Lipinski definition) is 0. The summed E-state index contributed by atoms with van der Waals surface area (Å²) in [7, 11) is 0. The highest BCUT2D eigenvalue weighted by Gasteiger charge is 2.13. The van der Waals surface area contributed by atoms with Crippen molar-refractivity contribution < 1.29 is 0 Å². The highest BCUT2D eigenvalue weighted by Crippen LogP contribution is 2.34. The molecule has 0 fully saturated rings. The smallest absolute Gasteiger partial charge is 0.157 e. The molecule has 1 rings (SSSR count). The molecule has 1 aromatic heterocycles. The van der Waals surface area contributed by atoms with E-state index in [0.29, 0.717) is 13.4 Å². The molecule has 0 saturated heterocycles. The third-order valence-corrected chi connectivity index (χ3v) is 4.64. The molecule has 1 heterocycles. The molecule has 1 aromatic rings. The first-order valence-electron chi connectivity index (χ1n) is 2.96. The fraction of sp³-hybridized carbons (Fsp3) is 0. The van der Waals surface area contributed by atoms with Crippen molar-refractivity contribution in [1.29, 1.82) is 10.5 Å². The van der Waals surface area contributed by atoms with Crippen LogP contribution < -0.4 is 0 Å². The van der Waals surface area contributed by atoms with E-state index in [0.717, 1.165) is 0 Å². The Balaban J connectivity index is 3.60. The lowest BCUT2D eigenvalue weighted by Crippen LogP contribution is -1.93. The summed E-state index contributed by atoms with van der Waals surface area (Å²) >= 11 is 9.59. The third-order valence-electron chi connectivity index (χ3n) is 1.24. The van der Waals surface area contributed by atoms with Crippen LogP contribution in [0.15, 0.2) is 13.4 Å². The number of pyridine rings is 1. The monoisotopic (exact) mass is 363 g/mol. The Morgan fingerprint density at radius 3 is 1.54 bits per heavy atom. The molecule has 0 aliphatic carbocycles. The van der Waals surface area contributed by atoms with Crippen molar-refractivity contribution in [3.63, 3.8) is 0 Å². The summed E-state index contributed by atoms with van der Waals surface area (Å²) in [6.45, 7) is 0. The molecule has 3 nitrogen and oxygen atoms in total. The van der Waals surface area contributed by atoms with E-state index in [1.165, 1.54) is 0 Å². The molecule has 0 spiro atoms. The summed E-state index contributed by atoms with van der Waals surface area (Å²) in [5, 5.41) is 17.3. The van der Waals surface area contributed by atoms with Gasteiger partial charge in [-0.3, -0.25) is 0 Å². The van der Waals surface area contributed by atoms with Gasteiger partial charge in [-0.25, -0.2) is 4.98 Å². The van der Waals surface area contributed by atoms with E-state index >= 15 is 0 Å². The topological polar surface area (TPSA) is 60.5 Å². The Kier molecular flexibility index (Phi) is 3.43. The van der Waals surface area contributed by atoms with Crippen molar-refractivity contribution in [3.05, 3.63) is 24.8 Å². The molecule has 0 unspecified atom stereocenters. The molecule has 0 amide bonds. The van der Waals surface area contributed by atoms with Gasteiger partial charge in [0.1, 0.15) is 12.1 Å². The van der Waals surface area contributed by atoms with Gasteiger partial charge in [-0.15, -0.1) is 0 Å². The first-order valence-corrected chi connectivity index (χ1v) is 5.34. The van der Waals surface area contributed by atoms with Crippen LogP contribution in [-0.2, 0) is 0 Å². The molecule has 0 N–H and O–H groups in total. The van der Waals surface area contributed by atoms with Gasteiger partial charge in [0, 0.05) is 0 Å². The number of hydrogen-bond acceptors (Lipinski definition) is 3. The highest BCUT2D eigenvalue weighted by molar-refractivity contribution is 9.14. The minimum absolute atomic E-state index is 0.187. The molecule has 0 aliphatic rings. The number of nitriles is 2. The summed E-state index contributed by atoms with van der Waals surface area (Å²) in [6.07, 6.45) is 0. The quantitative estimate of drug-likeness (QED) is 0.709. The zero-order valence-electron chi connectivity index (χ0n) is 5.98. The van der Waals surface area contributed by atoms with Gasteiger partial charge in [0.15, 0.2) is 11.4 Å². The SMILES string of the molecule is N#Cc1nc(C#N)c(Br)c(Br)c1Br. The van der Waals surface area contributed by atoms with E-state index in [-0.39, 0.29) is 11.4 Å². The fourth-order valence-electron chi connectivity index (χ4n) is 0.662. The Bertz CT molecular complexity index is 404. The predicted octanol–water partition coefficient (Wildman–Crippen LogP) is 3.11. The number of nitrogens with zero attached hydrogens (tertiary/aromatic N) is 3. The molecular formula is C7Br3N3. The zero-order valence-corrected chi connectivity index (χ0v) is 10.7. The lowest BCUT2D eigenvalue weighted by molar-refractivity contribution is 1.17. The van der Waals surface area contributed by atoms with Crippen LogP contribution in [0.25, 0.3) is 0 Å². The molecule has 0 aromatic carbocycles. The molecule has 0 radical (unpaired) electrons. The second-order valence-electron chi connectivity index (χ2n) is 1.97. The van der Waals surface area contributed by atoms with Crippen LogP contribution in [0.4, 0.5) is 0 Å². The third kappa shape index (κ3) is 1.91. The van der Waals surface area contributed by atoms with E-state index in [9.17, 15) is 0 Å². The standard InChI is InChI=1S/C7Br3N3/c8-5-3(1-11)13-4(2-12)6(9)7(5)10. The first kappa shape index (κ1) is 10.6. The Labute approximate surface area is 99.8 Å². The zero-order chi connectivity index (χ0) is 10.0. The van der Waals surface area contributed by atoms with Gasteiger partial charge < -0.3 is 0 Å². The van der Waals surface area contributed by atoms with Gasteiger partial charge in [0.25, 0.3) is 0 Å². The molecule has 64 valence electrons. The van der Waals surface area contributed by atoms with Gasteiger partial charge in [-0.1, -0.05) is 0 Å². The lowest BCUT2D eigenvalue weighted by atomic mass is 10.3. The summed E-state index contributed by atoms with van der Waals surface area (Å²) in [5.74, 6) is 0. The van der Waals surface area contributed by atoms with Gasteiger partial charge in [-0.05, 0) is 47.8 Å². The van der Waals surface area contributed by atoms with E-state index in [1.54, 1.807) is 0 Å². The maximum Gasteiger partial charge on any atom is 0.157 e. The number of halogens is 3. The molecule has 0 aliphatic heterocycles. The van der Waals surface area contributed by atoms with E-state index in [2.05, 4.69) is 52.8 Å². The Hall–Kier alpha value is -0.430. The van der Waals surface area contributed by atoms with Crippen LogP contribution >= 0.6 is 47.8 Å². The average molecular weight is 366 g/mol. The van der Waals surface area contributed by atoms with Crippen LogP contribution in [0.5, 0.6) is 0 Å². The second-order valence-corrected chi connectivity index (χ2v) is 4.35. The largest absolute Gasteiger partial charge is 0.224 e. The van der Waals surface area contributed by atoms with Crippen LogP contribution in [0, 0.1) is 22.7 Å². The van der Waals surface area contributed by atoms with E-state index < -0.39 is 0 Å². The predicted molar refractivity (Wildman–Crippen MR) is 56.8 cm³/mol. The number of rotatable bonds is 0. The van der Waals surface area contributed by atoms with Gasteiger partial charge >= 0.3 is 0 Å². The van der Waals surface area contributed by atoms with Crippen molar-refractivity contribution in [2.24, 2.45) is 0 Å². The van der Waals surface area contributed by atoms with Crippen molar-refractivity contribution in [2.75, 3.05) is 0 Å². The van der Waals surface area contributed by atoms with E-state index in [4.69, 9.17) is 10.5 Å². The molecule has 13 heavy (non-hydrogen) atoms. The van der Waals surface area contributed by atoms with Crippen LogP contribution in [0.1, 0.15) is 11.4 Å². The van der Waals surface area contributed by atoms with Gasteiger partial charge in [0.05, 0.1) is 13.4 Å². The van der Waals surface area contributed by atoms with Crippen molar-refractivity contribution in [2.45, 2.75) is 0 Å². The fourth-order valence-corrected chi connectivity index (χ4v) is 2.06. The molecular weight excluding hydrogens is 366 g/mol. The summed E-state index contributed by atoms with van der Waals surface area (Å²) in [6, 6.07) is 3.76.